The molecule has 0 heterocycles. The largest absolute Gasteiger partial charge is 0.409 e. The van der Waals surface area contributed by atoms with E-state index in [1.807, 2.05) is 25.8 Å². The van der Waals surface area contributed by atoms with Gasteiger partial charge in [-0.2, -0.15) is 0 Å². The van der Waals surface area contributed by atoms with E-state index in [0.717, 1.165) is 0 Å². The molecule has 0 aromatic heterocycles. The Balaban J connectivity index is 3.10. The smallest absolute Gasteiger partial charge is 0.170 e. The van der Waals surface area contributed by atoms with Crippen LogP contribution in [0.2, 0.25) is 0 Å². The third-order valence-corrected chi connectivity index (χ3v) is 2.51. The molecule has 0 aliphatic heterocycles. The molecule has 0 amide bonds. The summed E-state index contributed by atoms with van der Waals surface area (Å²) in [4.78, 5) is 1.81. The molecule has 0 saturated carbocycles. The summed E-state index contributed by atoms with van der Waals surface area (Å²) in [5, 5.41) is 11.3. The Hall–Kier alpha value is -1.78. The number of oxime groups is 1. The molecule has 0 saturated heterocycles. The molecule has 4 nitrogen and oxygen atoms in total. The summed E-state index contributed by atoms with van der Waals surface area (Å²) in [7, 11) is 1.81. The van der Waals surface area contributed by atoms with Crippen LogP contribution in [0, 0.1) is 5.82 Å². The van der Waals surface area contributed by atoms with Crippen LogP contribution in [0.1, 0.15) is 19.4 Å². The highest BCUT2D eigenvalue weighted by molar-refractivity contribution is 5.97. The Morgan fingerprint density at radius 2 is 2.12 bits per heavy atom. The van der Waals surface area contributed by atoms with Gasteiger partial charge in [0.2, 0.25) is 0 Å². The SMILES string of the molecule is CC(C)N(C)c1ccc(/C(N)=N/O)cc1F. The molecule has 0 aliphatic rings. The van der Waals surface area contributed by atoms with Crippen molar-refractivity contribution in [2.75, 3.05) is 11.9 Å². The first-order chi connectivity index (χ1) is 7.47. The monoisotopic (exact) mass is 225 g/mol. The van der Waals surface area contributed by atoms with Gasteiger partial charge >= 0.3 is 0 Å². The van der Waals surface area contributed by atoms with Gasteiger partial charge in [0.05, 0.1) is 5.69 Å². The van der Waals surface area contributed by atoms with Crippen molar-refractivity contribution in [3.05, 3.63) is 29.6 Å². The highest BCUT2D eigenvalue weighted by atomic mass is 19.1. The molecule has 0 unspecified atom stereocenters. The van der Waals surface area contributed by atoms with Crippen LogP contribution in [0.5, 0.6) is 0 Å². The first-order valence-electron chi connectivity index (χ1n) is 4.97. The van der Waals surface area contributed by atoms with Gasteiger partial charge in [0.15, 0.2) is 5.84 Å². The minimum atomic E-state index is -0.389. The van der Waals surface area contributed by atoms with Crippen LogP contribution < -0.4 is 10.6 Å². The molecular weight excluding hydrogens is 209 g/mol. The van der Waals surface area contributed by atoms with Crippen LogP contribution in [0.15, 0.2) is 23.4 Å². The second-order valence-corrected chi connectivity index (χ2v) is 3.86. The van der Waals surface area contributed by atoms with Crippen LogP contribution in [0.3, 0.4) is 0 Å². The maximum Gasteiger partial charge on any atom is 0.170 e. The zero-order chi connectivity index (χ0) is 12.3. The van der Waals surface area contributed by atoms with Crippen molar-refractivity contribution in [1.29, 1.82) is 0 Å². The van der Waals surface area contributed by atoms with E-state index in [9.17, 15) is 4.39 Å². The number of hydrogen-bond donors (Lipinski definition) is 2. The third-order valence-electron chi connectivity index (χ3n) is 2.51. The zero-order valence-electron chi connectivity index (χ0n) is 9.61. The van der Waals surface area contributed by atoms with Gasteiger partial charge in [-0.1, -0.05) is 5.16 Å². The maximum absolute atomic E-state index is 13.7. The molecule has 0 radical (unpaired) electrons. The van der Waals surface area contributed by atoms with E-state index in [-0.39, 0.29) is 17.7 Å². The lowest BCUT2D eigenvalue weighted by Gasteiger charge is -2.24. The molecule has 0 atom stereocenters. The molecular formula is C11H16FN3O. The van der Waals surface area contributed by atoms with E-state index in [2.05, 4.69) is 5.16 Å². The van der Waals surface area contributed by atoms with Gasteiger partial charge in [-0.3, -0.25) is 0 Å². The van der Waals surface area contributed by atoms with Crippen LogP contribution in [0.4, 0.5) is 10.1 Å². The van der Waals surface area contributed by atoms with Crippen LogP contribution >= 0.6 is 0 Å². The number of rotatable bonds is 3. The molecule has 88 valence electrons. The fourth-order valence-electron chi connectivity index (χ4n) is 1.29. The van der Waals surface area contributed by atoms with Gasteiger partial charge in [-0.25, -0.2) is 4.39 Å². The summed E-state index contributed by atoms with van der Waals surface area (Å²) >= 11 is 0. The molecule has 5 heteroatoms. The lowest BCUT2D eigenvalue weighted by molar-refractivity contribution is 0.318. The standard InChI is InChI=1S/C11H16FN3O/c1-7(2)15(3)10-5-4-8(6-9(10)12)11(13)14-16/h4-7,16H,1-3H3,(H2,13,14). The van der Waals surface area contributed by atoms with Crippen molar-refractivity contribution in [3.8, 4) is 0 Å². The maximum atomic E-state index is 13.7. The predicted molar refractivity (Wildman–Crippen MR) is 62.4 cm³/mol. The topological polar surface area (TPSA) is 61.8 Å². The van der Waals surface area contributed by atoms with E-state index >= 15 is 0 Å². The first kappa shape index (κ1) is 12.3. The summed E-state index contributed by atoms with van der Waals surface area (Å²) in [5.41, 5.74) is 6.22. The summed E-state index contributed by atoms with van der Waals surface area (Å²) in [5.74, 6) is -0.488. The summed E-state index contributed by atoms with van der Waals surface area (Å²) in [6.45, 7) is 3.94. The molecule has 3 N–H and O–H groups in total. The number of nitrogens with zero attached hydrogens (tertiary/aromatic N) is 2. The second-order valence-electron chi connectivity index (χ2n) is 3.86. The predicted octanol–water partition coefficient (Wildman–Crippen LogP) is 1.76. The molecule has 0 fully saturated rings. The van der Waals surface area contributed by atoms with E-state index in [0.29, 0.717) is 11.3 Å². The summed E-state index contributed by atoms with van der Waals surface area (Å²) < 4.78 is 13.7. The van der Waals surface area contributed by atoms with Crippen LogP contribution in [0.25, 0.3) is 0 Å². The average Bonchev–Trinajstić information content (AvgIpc) is 2.26. The Morgan fingerprint density at radius 3 is 2.56 bits per heavy atom. The van der Waals surface area contributed by atoms with Gasteiger partial charge in [0.25, 0.3) is 0 Å². The van der Waals surface area contributed by atoms with E-state index in [4.69, 9.17) is 10.9 Å². The number of halogens is 1. The van der Waals surface area contributed by atoms with Gasteiger partial charge in [-0.15, -0.1) is 0 Å². The van der Waals surface area contributed by atoms with Crippen LogP contribution in [-0.2, 0) is 0 Å². The lowest BCUT2D eigenvalue weighted by Crippen LogP contribution is -2.26. The third kappa shape index (κ3) is 2.42. The van der Waals surface area contributed by atoms with Gasteiger partial charge < -0.3 is 15.8 Å². The number of hydrogen-bond acceptors (Lipinski definition) is 3. The average molecular weight is 225 g/mol. The fourth-order valence-corrected chi connectivity index (χ4v) is 1.29. The fraction of sp³-hybridized carbons (Fsp3) is 0.364. The minimum absolute atomic E-state index is 0.0994. The van der Waals surface area contributed by atoms with E-state index in [1.165, 1.54) is 6.07 Å². The molecule has 16 heavy (non-hydrogen) atoms. The van der Waals surface area contributed by atoms with Crippen molar-refractivity contribution >= 4 is 11.5 Å². The number of nitrogens with two attached hydrogens (primary N) is 1. The first-order valence-corrected chi connectivity index (χ1v) is 4.97. The molecule has 0 bridgehead atoms. The zero-order valence-corrected chi connectivity index (χ0v) is 9.61. The summed E-state index contributed by atoms with van der Waals surface area (Å²) in [6, 6.07) is 4.68. The van der Waals surface area contributed by atoms with Crippen molar-refractivity contribution in [2.45, 2.75) is 19.9 Å². The lowest BCUT2D eigenvalue weighted by atomic mass is 10.1. The van der Waals surface area contributed by atoms with Gasteiger partial charge in [0.1, 0.15) is 5.82 Å². The number of anilines is 1. The van der Waals surface area contributed by atoms with Gasteiger partial charge in [0, 0.05) is 18.7 Å². The van der Waals surface area contributed by atoms with Crippen molar-refractivity contribution in [1.82, 2.24) is 0 Å². The molecule has 1 rings (SSSR count). The number of benzene rings is 1. The normalized spacial score (nSPS) is 11.9. The highest BCUT2D eigenvalue weighted by Crippen LogP contribution is 2.21. The second kappa shape index (κ2) is 4.83. The van der Waals surface area contributed by atoms with E-state index < -0.39 is 0 Å². The Kier molecular flexibility index (Phi) is 3.71. The quantitative estimate of drug-likeness (QED) is 0.356. The Labute approximate surface area is 94.2 Å². The highest BCUT2D eigenvalue weighted by Gasteiger charge is 2.11. The summed E-state index contributed by atoms with van der Waals surface area (Å²) in [6.07, 6.45) is 0. The van der Waals surface area contributed by atoms with Crippen LogP contribution in [-0.4, -0.2) is 24.1 Å². The van der Waals surface area contributed by atoms with Crippen molar-refractivity contribution in [2.24, 2.45) is 10.9 Å². The minimum Gasteiger partial charge on any atom is -0.409 e. The molecule has 0 aliphatic carbocycles. The molecule has 1 aromatic rings. The number of amidine groups is 1. The van der Waals surface area contributed by atoms with Crippen molar-refractivity contribution < 1.29 is 9.60 Å². The van der Waals surface area contributed by atoms with E-state index in [1.54, 1.807) is 12.1 Å². The Bertz CT molecular complexity index is 404. The molecule has 1 aromatic carbocycles. The molecule has 0 spiro atoms. The van der Waals surface area contributed by atoms with Crippen molar-refractivity contribution in [3.63, 3.8) is 0 Å². The Morgan fingerprint density at radius 1 is 1.50 bits per heavy atom. The van der Waals surface area contributed by atoms with Gasteiger partial charge in [-0.05, 0) is 32.0 Å².